The lowest BCUT2D eigenvalue weighted by Crippen LogP contribution is -2.32. The van der Waals surface area contributed by atoms with Crippen molar-refractivity contribution in [2.45, 2.75) is 20.4 Å². The van der Waals surface area contributed by atoms with Crippen molar-refractivity contribution in [3.8, 4) is 0 Å². The van der Waals surface area contributed by atoms with Gasteiger partial charge < -0.3 is 5.32 Å². The van der Waals surface area contributed by atoms with Gasteiger partial charge in [-0.2, -0.15) is 9.61 Å². The molecule has 1 N–H and O–H groups in total. The molecule has 3 rings (SSSR count). The van der Waals surface area contributed by atoms with E-state index in [1.54, 1.807) is 19.1 Å². The molecule has 2 aromatic heterocycles. The average molecular weight is 308 g/mol. The Morgan fingerprint density at radius 3 is 2.61 bits per heavy atom. The predicted molar refractivity (Wildman–Crippen MR) is 86.3 cm³/mol. The Morgan fingerprint density at radius 2 is 1.87 bits per heavy atom. The number of amides is 1. The van der Waals surface area contributed by atoms with Crippen LogP contribution in [0.3, 0.4) is 0 Å². The number of hydrogen-bond donors (Lipinski definition) is 1. The van der Waals surface area contributed by atoms with E-state index in [1.165, 1.54) is 6.20 Å². The molecule has 0 atom stereocenters. The van der Waals surface area contributed by atoms with Gasteiger partial charge in [-0.25, -0.2) is 4.98 Å². The van der Waals surface area contributed by atoms with E-state index in [0.717, 1.165) is 15.6 Å². The van der Waals surface area contributed by atoms with Gasteiger partial charge in [-0.1, -0.05) is 29.8 Å². The van der Waals surface area contributed by atoms with Crippen molar-refractivity contribution in [2.75, 3.05) is 0 Å². The summed E-state index contributed by atoms with van der Waals surface area (Å²) in [5, 5.41) is 6.84. The van der Waals surface area contributed by atoms with Crippen molar-refractivity contribution < 1.29 is 4.79 Å². The number of nitrogens with one attached hydrogen (secondary N) is 1. The third-order valence-electron chi connectivity index (χ3n) is 3.52. The van der Waals surface area contributed by atoms with E-state index in [9.17, 15) is 9.59 Å². The first-order valence-electron chi connectivity index (χ1n) is 7.24. The molecule has 1 aromatic carbocycles. The third kappa shape index (κ3) is 3.11. The van der Waals surface area contributed by atoms with Crippen molar-refractivity contribution in [3.05, 3.63) is 75.3 Å². The molecular weight excluding hydrogens is 292 g/mol. The number of nitrogens with zero attached hydrogens (tertiary/aromatic N) is 3. The molecule has 6 heteroatoms. The molecule has 116 valence electrons. The monoisotopic (exact) mass is 308 g/mol. The maximum atomic E-state index is 12.4. The van der Waals surface area contributed by atoms with Gasteiger partial charge in [0, 0.05) is 12.7 Å². The predicted octanol–water partition coefficient (Wildman–Crippen LogP) is 1.64. The van der Waals surface area contributed by atoms with Crippen LogP contribution in [-0.2, 0) is 6.54 Å². The Balaban J connectivity index is 1.84. The van der Waals surface area contributed by atoms with Gasteiger partial charge in [-0.3, -0.25) is 9.59 Å². The molecule has 0 radical (unpaired) electrons. The molecule has 0 aliphatic carbocycles. The van der Waals surface area contributed by atoms with Crippen LogP contribution in [0.25, 0.3) is 5.65 Å². The van der Waals surface area contributed by atoms with Crippen LogP contribution in [0.4, 0.5) is 0 Å². The van der Waals surface area contributed by atoms with Gasteiger partial charge in [-0.15, -0.1) is 0 Å². The number of aryl methyl sites for hydroxylation is 2. The maximum absolute atomic E-state index is 12.4. The van der Waals surface area contributed by atoms with E-state index in [-0.39, 0.29) is 5.56 Å². The molecule has 0 aliphatic heterocycles. The molecular formula is C17H16N4O2. The normalized spacial score (nSPS) is 10.7. The van der Waals surface area contributed by atoms with Gasteiger partial charge in [0.2, 0.25) is 0 Å². The molecule has 0 spiro atoms. The highest BCUT2D eigenvalue weighted by atomic mass is 16.2. The van der Waals surface area contributed by atoms with Crippen molar-refractivity contribution in [3.63, 3.8) is 0 Å². The molecule has 6 nitrogen and oxygen atoms in total. The molecule has 0 saturated heterocycles. The number of rotatable bonds is 3. The summed E-state index contributed by atoms with van der Waals surface area (Å²) in [6.07, 6.45) is 1.29. The highest BCUT2D eigenvalue weighted by molar-refractivity contribution is 5.93. The van der Waals surface area contributed by atoms with Crippen molar-refractivity contribution in [1.29, 1.82) is 0 Å². The van der Waals surface area contributed by atoms with E-state index in [4.69, 9.17) is 0 Å². The summed E-state index contributed by atoms with van der Waals surface area (Å²) in [6, 6.07) is 11.3. The van der Waals surface area contributed by atoms with E-state index in [0.29, 0.717) is 17.9 Å². The number of carbonyl (C=O) groups excluding carboxylic acids is 1. The van der Waals surface area contributed by atoms with Crippen LogP contribution in [0.15, 0.2) is 47.4 Å². The quantitative estimate of drug-likeness (QED) is 0.798. The smallest absolute Gasteiger partial charge is 0.287 e. The Labute approximate surface area is 132 Å². The molecule has 0 bridgehead atoms. The fraction of sp³-hybridized carbons (Fsp3) is 0.176. The van der Waals surface area contributed by atoms with Gasteiger partial charge in [0.05, 0.1) is 5.69 Å². The Kier molecular flexibility index (Phi) is 3.89. The fourth-order valence-corrected chi connectivity index (χ4v) is 2.19. The first-order chi connectivity index (χ1) is 11.0. The number of hydrogen-bond acceptors (Lipinski definition) is 4. The van der Waals surface area contributed by atoms with Crippen LogP contribution >= 0.6 is 0 Å². The van der Waals surface area contributed by atoms with E-state index in [1.807, 2.05) is 31.2 Å². The third-order valence-corrected chi connectivity index (χ3v) is 3.52. The Bertz CT molecular complexity index is 929. The van der Waals surface area contributed by atoms with Crippen LogP contribution in [-0.4, -0.2) is 20.5 Å². The Hall–Kier alpha value is -3.02. The van der Waals surface area contributed by atoms with Crippen molar-refractivity contribution in [2.24, 2.45) is 0 Å². The molecule has 0 saturated carbocycles. The molecule has 3 aromatic rings. The van der Waals surface area contributed by atoms with E-state index < -0.39 is 11.5 Å². The van der Waals surface area contributed by atoms with Crippen molar-refractivity contribution in [1.82, 2.24) is 19.9 Å². The molecule has 0 aliphatic rings. The second-order valence-electron chi connectivity index (χ2n) is 5.39. The lowest BCUT2D eigenvalue weighted by Gasteiger charge is -2.06. The van der Waals surface area contributed by atoms with Crippen LogP contribution in [0, 0.1) is 13.8 Å². The summed E-state index contributed by atoms with van der Waals surface area (Å²) < 4.78 is 1.15. The van der Waals surface area contributed by atoms with Crippen LogP contribution < -0.4 is 10.9 Å². The van der Waals surface area contributed by atoms with Gasteiger partial charge in [0.15, 0.2) is 5.65 Å². The molecule has 0 fully saturated rings. The van der Waals surface area contributed by atoms with Gasteiger partial charge in [-0.05, 0) is 31.5 Å². The highest BCUT2D eigenvalue weighted by Gasteiger charge is 2.13. The van der Waals surface area contributed by atoms with Crippen LogP contribution in [0.5, 0.6) is 0 Å². The number of carbonyl (C=O) groups is 1. The summed E-state index contributed by atoms with van der Waals surface area (Å²) >= 11 is 0. The van der Waals surface area contributed by atoms with Gasteiger partial charge in [0.25, 0.3) is 11.5 Å². The van der Waals surface area contributed by atoms with E-state index >= 15 is 0 Å². The molecule has 1 amide bonds. The number of fused-ring (bicyclic) bond motifs is 1. The first-order valence-corrected chi connectivity index (χ1v) is 7.24. The summed E-state index contributed by atoms with van der Waals surface area (Å²) in [5.74, 6) is -0.458. The minimum Gasteiger partial charge on any atom is -0.348 e. The zero-order chi connectivity index (χ0) is 16.4. The fourth-order valence-electron chi connectivity index (χ4n) is 2.19. The SMILES string of the molecule is Cc1ccc(CNC(=O)c2cnc3ccc(C)nn3c2=O)cc1. The standard InChI is InChI=1S/C17H16N4O2/c1-11-3-6-13(7-4-11)9-19-16(22)14-10-18-15-8-5-12(2)20-21(15)17(14)23/h3-8,10H,9H2,1-2H3,(H,19,22). The highest BCUT2D eigenvalue weighted by Crippen LogP contribution is 2.03. The Morgan fingerprint density at radius 1 is 1.13 bits per heavy atom. The lowest BCUT2D eigenvalue weighted by atomic mass is 10.1. The number of aromatic nitrogens is 3. The largest absolute Gasteiger partial charge is 0.348 e. The minimum absolute atomic E-state index is 0.0206. The zero-order valence-electron chi connectivity index (χ0n) is 12.9. The molecule has 23 heavy (non-hydrogen) atoms. The minimum atomic E-state index is -0.472. The topological polar surface area (TPSA) is 76.4 Å². The van der Waals surface area contributed by atoms with Crippen LogP contribution in [0.1, 0.15) is 27.2 Å². The van der Waals surface area contributed by atoms with Crippen LogP contribution in [0.2, 0.25) is 0 Å². The summed E-state index contributed by atoms with van der Waals surface area (Å²) in [6.45, 7) is 4.12. The maximum Gasteiger partial charge on any atom is 0.287 e. The summed E-state index contributed by atoms with van der Waals surface area (Å²) in [7, 11) is 0. The lowest BCUT2D eigenvalue weighted by molar-refractivity contribution is 0.0948. The summed E-state index contributed by atoms with van der Waals surface area (Å²) in [4.78, 5) is 28.7. The van der Waals surface area contributed by atoms with Crippen molar-refractivity contribution >= 4 is 11.6 Å². The van der Waals surface area contributed by atoms with Gasteiger partial charge >= 0.3 is 0 Å². The second kappa shape index (κ2) is 6.00. The second-order valence-corrected chi connectivity index (χ2v) is 5.39. The molecule has 0 unspecified atom stereocenters. The van der Waals surface area contributed by atoms with E-state index in [2.05, 4.69) is 15.4 Å². The first kappa shape index (κ1) is 14.9. The zero-order valence-corrected chi connectivity index (χ0v) is 12.9. The molecule has 2 heterocycles. The van der Waals surface area contributed by atoms with Gasteiger partial charge in [0.1, 0.15) is 5.56 Å². The summed E-state index contributed by atoms with van der Waals surface area (Å²) in [5.41, 5.74) is 2.72. The average Bonchev–Trinajstić information content (AvgIpc) is 2.55. The number of benzene rings is 1.